The fraction of sp³-hybridized carbons (Fsp3) is 0.769. The Hall–Kier alpha value is -0.430. The first-order valence-corrected chi connectivity index (χ1v) is 7.62. The summed E-state index contributed by atoms with van der Waals surface area (Å²) in [5, 5.41) is 4.45. The van der Waals surface area contributed by atoms with Gasteiger partial charge < -0.3 is 4.90 Å². The van der Waals surface area contributed by atoms with E-state index in [0.717, 1.165) is 36.1 Å². The highest BCUT2D eigenvalue weighted by Gasteiger charge is 2.24. The number of nitrogens with two attached hydrogens (primary N) is 1. The lowest BCUT2D eigenvalue weighted by Gasteiger charge is -2.25. The van der Waals surface area contributed by atoms with Gasteiger partial charge in [0, 0.05) is 6.54 Å². The van der Waals surface area contributed by atoms with Gasteiger partial charge in [-0.05, 0) is 42.4 Å². The summed E-state index contributed by atoms with van der Waals surface area (Å²) in [7, 11) is 4.13. The third kappa shape index (κ3) is 4.56. The molecule has 0 saturated heterocycles. The maximum atomic E-state index is 5.77. The second-order valence-electron chi connectivity index (χ2n) is 5.31. The maximum Gasteiger partial charge on any atom is 0.0712 e. The molecule has 0 fully saturated rings. The Bertz CT molecular complexity index is 377. The Balaban J connectivity index is 2.92. The van der Waals surface area contributed by atoms with Crippen molar-refractivity contribution in [1.29, 1.82) is 0 Å². The van der Waals surface area contributed by atoms with Gasteiger partial charge in [-0.3, -0.25) is 16.0 Å². The molecule has 0 radical (unpaired) electrons. The summed E-state index contributed by atoms with van der Waals surface area (Å²) >= 11 is 3.59. The summed E-state index contributed by atoms with van der Waals surface area (Å²) < 4.78 is 3.07. The molecule has 2 unspecified atom stereocenters. The molecule has 0 aliphatic heterocycles. The number of hydrazine groups is 1. The van der Waals surface area contributed by atoms with Crippen molar-refractivity contribution < 1.29 is 0 Å². The van der Waals surface area contributed by atoms with Gasteiger partial charge in [-0.1, -0.05) is 20.3 Å². The summed E-state index contributed by atoms with van der Waals surface area (Å²) in [5.41, 5.74) is 4.10. The minimum atomic E-state index is 0.124. The van der Waals surface area contributed by atoms with E-state index < -0.39 is 0 Å². The first-order chi connectivity index (χ1) is 9.01. The van der Waals surface area contributed by atoms with Gasteiger partial charge in [0.2, 0.25) is 0 Å². The van der Waals surface area contributed by atoms with Crippen LogP contribution in [-0.4, -0.2) is 35.3 Å². The van der Waals surface area contributed by atoms with Crippen LogP contribution in [0.3, 0.4) is 0 Å². The lowest BCUT2D eigenvalue weighted by molar-refractivity contribution is 0.326. The standard InChI is InChI=1S/C13H26BrN5/c1-5-6-10(2)12(17-15)13-11(14)9-16-19(13)8-7-18(3)4/h9-10,12,17H,5-8,15H2,1-4H3. The van der Waals surface area contributed by atoms with E-state index in [1.54, 1.807) is 0 Å². The van der Waals surface area contributed by atoms with Crippen LogP contribution in [0.2, 0.25) is 0 Å². The summed E-state index contributed by atoms with van der Waals surface area (Å²) in [5.74, 6) is 6.24. The van der Waals surface area contributed by atoms with Gasteiger partial charge in [-0.15, -0.1) is 0 Å². The van der Waals surface area contributed by atoms with Crippen molar-refractivity contribution >= 4 is 15.9 Å². The number of aromatic nitrogens is 2. The Morgan fingerprint density at radius 2 is 2.21 bits per heavy atom. The number of hydrogen-bond acceptors (Lipinski definition) is 4. The fourth-order valence-corrected chi connectivity index (χ4v) is 2.83. The first-order valence-electron chi connectivity index (χ1n) is 6.83. The van der Waals surface area contributed by atoms with Crippen LogP contribution in [0.5, 0.6) is 0 Å². The summed E-state index contributed by atoms with van der Waals surface area (Å²) in [6, 6.07) is 0.124. The van der Waals surface area contributed by atoms with E-state index in [1.807, 2.05) is 10.9 Å². The predicted octanol–water partition coefficient (Wildman–Crippen LogP) is 2.15. The zero-order valence-electron chi connectivity index (χ0n) is 12.4. The molecule has 1 aromatic heterocycles. The van der Waals surface area contributed by atoms with Crippen molar-refractivity contribution in [3.8, 4) is 0 Å². The molecule has 1 aromatic rings. The van der Waals surface area contributed by atoms with Crippen LogP contribution in [0.1, 0.15) is 38.4 Å². The third-order valence-electron chi connectivity index (χ3n) is 3.38. The van der Waals surface area contributed by atoms with Gasteiger partial charge in [0.25, 0.3) is 0 Å². The molecule has 19 heavy (non-hydrogen) atoms. The number of nitrogens with zero attached hydrogens (tertiary/aromatic N) is 3. The van der Waals surface area contributed by atoms with Crippen LogP contribution in [0.25, 0.3) is 0 Å². The Kier molecular flexibility index (Phi) is 6.99. The van der Waals surface area contributed by atoms with Crippen molar-refractivity contribution in [3.63, 3.8) is 0 Å². The predicted molar refractivity (Wildman–Crippen MR) is 82.6 cm³/mol. The number of nitrogens with one attached hydrogen (secondary N) is 1. The van der Waals surface area contributed by atoms with Gasteiger partial charge in [-0.2, -0.15) is 5.10 Å². The van der Waals surface area contributed by atoms with Gasteiger partial charge in [0.05, 0.1) is 29.0 Å². The van der Waals surface area contributed by atoms with E-state index in [4.69, 9.17) is 5.84 Å². The monoisotopic (exact) mass is 331 g/mol. The number of hydrogen-bond donors (Lipinski definition) is 2. The van der Waals surface area contributed by atoms with E-state index in [2.05, 4.69) is 59.3 Å². The molecule has 0 aliphatic rings. The van der Waals surface area contributed by atoms with Crippen LogP contribution >= 0.6 is 15.9 Å². The van der Waals surface area contributed by atoms with Crippen LogP contribution in [0.15, 0.2) is 10.7 Å². The molecule has 2 atom stereocenters. The Labute approximate surface area is 124 Å². The second-order valence-corrected chi connectivity index (χ2v) is 6.17. The van der Waals surface area contributed by atoms with E-state index in [-0.39, 0.29) is 6.04 Å². The highest BCUT2D eigenvalue weighted by atomic mass is 79.9. The molecule has 0 saturated carbocycles. The summed E-state index contributed by atoms with van der Waals surface area (Å²) in [6.07, 6.45) is 4.15. The molecule has 1 rings (SSSR count). The molecule has 0 aromatic carbocycles. The second kappa shape index (κ2) is 7.99. The maximum absolute atomic E-state index is 5.77. The molecular formula is C13H26BrN5. The quantitative estimate of drug-likeness (QED) is 0.566. The molecule has 3 N–H and O–H groups in total. The average molecular weight is 332 g/mol. The highest BCUT2D eigenvalue weighted by Crippen LogP contribution is 2.30. The van der Waals surface area contributed by atoms with Crippen molar-refractivity contribution in [1.82, 2.24) is 20.1 Å². The van der Waals surface area contributed by atoms with Crippen LogP contribution in [0.4, 0.5) is 0 Å². The molecule has 0 aliphatic carbocycles. The van der Waals surface area contributed by atoms with Crippen LogP contribution in [-0.2, 0) is 6.54 Å². The van der Waals surface area contributed by atoms with Crippen molar-refractivity contribution in [2.45, 2.75) is 39.3 Å². The zero-order valence-corrected chi connectivity index (χ0v) is 13.9. The first kappa shape index (κ1) is 16.6. The largest absolute Gasteiger partial charge is 0.308 e. The Morgan fingerprint density at radius 3 is 2.74 bits per heavy atom. The molecule has 6 heteroatoms. The van der Waals surface area contributed by atoms with Crippen LogP contribution in [0, 0.1) is 5.92 Å². The van der Waals surface area contributed by atoms with Gasteiger partial charge in [0.1, 0.15) is 0 Å². The minimum Gasteiger partial charge on any atom is -0.308 e. The number of halogens is 1. The lowest BCUT2D eigenvalue weighted by atomic mass is 9.95. The zero-order chi connectivity index (χ0) is 14.4. The van der Waals surface area contributed by atoms with E-state index >= 15 is 0 Å². The molecule has 1 heterocycles. The molecule has 5 nitrogen and oxygen atoms in total. The third-order valence-corrected chi connectivity index (χ3v) is 3.99. The molecule has 0 amide bonds. The van der Waals surface area contributed by atoms with Crippen LogP contribution < -0.4 is 11.3 Å². The molecule has 0 spiro atoms. The normalized spacial score (nSPS) is 14.9. The van der Waals surface area contributed by atoms with Crippen molar-refractivity contribution in [3.05, 3.63) is 16.4 Å². The molecule has 110 valence electrons. The van der Waals surface area contributed by atoms with E-state index in [1.165, 1.54) is 0 Å². The van der Waals surface area contributed by atoms with E-state index in [0.29, 0.717) is 5.92 Å². The van der Waals surface area contributed by atoms with Crippen molar-refractivity contribution in [2.24, 2.45) is 11.8 Å². The molecular weight excluding hydrogens is 306 g/mol. The Morgan fingerprint density at radius 1 is 1.53 bits per heavy atom. The summed E-state index contributed by atoms with van der Waals surface area (Å²) in [6.45, 7) is 6.25. The fourth-order valence-electron chi connectivity index (χ4n) is 2.29. The van der Waals surface area contributed by atoms with Gasteiger partial charge >= 0.3 is 0 Å². The number of likely N-dealkylation sites (N-methyl/N-ethyl adjacent to an activating group) is 1. The topological polar surface area (TPSA) is 59.1 Å². The number of rotatable bonds is 8. The van der Waals surface area contributed by atoms with Gasteiger partial charge in [-0.25, -0.2) is 0 Å². The molecule has 0 bridgehead atoms. The SMILES string of the molecule is CCCC(C)C(NN)c1c(Br)cnn1CCN(C)C. The smallest absolute Gasteiger partial charge is 0.0712 e. The summed E-state index contributed by atoms with van der Waals surface area (Å²) in [4.78, 5) is 2.15. The highest BCUT2D eigenvalue weighted by molar-refractivity contribution is 9.10. The van der Waals surface area contributed by atoms with E-state index in [9.17, 15) is 0 Å². The minimum absolute atomic E-state index is 0.124. The van der Waals surface area contributed by atoms with Crippen molar-refractivity contribution in [2.75, 3.05) is 20.6 Å². The van der Waals surface area contributed by atoms with Gasteiger partial charge in [0.15, 0.2) is 0 Å². The average Bonchev–Trinajstić information content (AvgIpc) is 2.70. The lowest BCUT2D eigenvalue weighted by Crippen LogP contribution is -2.35.